The van der Waals surface area contributed by atoms with Crippen molar-refractivity contribution in [3.63, 3.8) is 0 Å². The highest BCUT2D eigenvalue weighted by Gasteiger charge is 2.47. The van der Waals surface area contributed by atoms with Crippen molar-refractivity contribution in [1.29, 1.82) is 0 Å². The summed E-state index contributed by atoms with van der Waals surface area (Å²) < 4.78 is 41.7. The van der Waals surface area contributed by atoms with E-state index in [0.717, 1.165) is 47.6 Å². The molecule has 4 heterocycles. The van der Waals surface area contributed by atoms with Gasteiger partial charge in [0.25, 0.3) is 0 Å². The molecule has 3 aliphatic heterocycles. The molecule has 1 N–H and O–H groups in total. The molecule has 45 heavy (non-hydrogen) atoms. The number of carbonyl (C=O) groups is 1. The summed E-state index contributed by atoms with van der Waals surface area (Å²) in [5.41, 5.74) is 5.66. The molecule has 1 saturated carbocycles. The lowest BCUT2D eigenvalue weighted by atomic mass is 9.88. The molecule has 0 bridgehead atoms. The van der Waals surface area contributed by atoms with Crippen molar-refractivity contribution < 1.29 is 28.2 Å². The average Bonchev–Trinajstić information content (AvgIpc) is 3.45. The zero-order valence-electron chi connectivity index (χ0n) is 25.8. The second-order valence-electron chi connectivity index (χ2n) is 12.8. The van der Waals surface area contributed by atoms with E-state index >= 15 is 0 Å². The minimum atomic E-state index is -2.50. The molecular formula is C35H38F2N4O4. The number of fused-ring (bicyclic) bond motifs is 4. The molecule has 236 valence electrons. The van der Waals surface area contributed by atoms with Crippen LogP contribution in [-0.4, -0.2) is 55.4 Å². The van der Waals surface area contributed by atoms with Gasteiger partial charge in [-0.1, -0.05) is 36.4 Å². The highest BCUT2D eigenvalue weighted by Crippen LogP contribution is 2.46. The number of hydrogen-bond donors (Lipinski definition) is 1. The van der Waals surface area contributed by atoms with Crippen LogP contribution in [0.2, 0.25) is 0 Å². The minimum absolute atomic E-state index is 0.00967. The van der Waals surface area contributed by atoms with Gasteiger partial charge in [0.15, 0.2) is 11.9 Å². The van der Waals surface area contributed by atoms with Crippen LogP contribution < -0.4 is 9.47 Å². The van der Waals surface area contributed by atoms with Gasteiger partial charge in [-0.3, -0.25) is 4.90 Å². The van der Waals surface area contributed by atoms with E-state index in [-0.39, 0.29) is 30.3 Å². The molecule has 10 heteroatoms. The van der Waals surface area contributed by atoms with Gasteiger partial charge >= 0.3 is 5.97 Å². The molecule has 3 aromatic rings. The molecule has 1 aromatic heterocycles. The number of aryl methyl sites for hydroxylation is 1. The van der Waals surface area contributed by atoms with Gasteiger partial charge in [-0.05, 0) is 80.5 Å². The number of aromatic nitrogens is 2. The summed E-state index contributed by atoms with van der Waals surface area (Å²) in [5, 5.41) is 14.1. The molecule has 8 nitrogen and oxygen atoms in total. The highest BCUT2D eigenvalue weighted by molar-refractivity contribution is 5.90. The topological polar surface area (TPSA) is 80.1 Å². The number of allylic oxidation sites excluding steroid dienone is 2. The maximum absolute atomic E-state index is 13.7. The lowest BCUT2D eigenvalue weighted by Crippen LogP contribution is -2.57. The maximum Gasteiger partial charge on any atom is 0.342 e. The zero-order valence-corrected chi connectivity index (χ0v) is 25.8. The Hall–Kier alpha value is -4.18. The number of carboxylic acids is 1. The third-order valence-corrected chi connectivity index (χ3v) is 9.83. The summed E-state index contributed by atoms with van der Waals surface area (Å²) in [6.07, 6.45) is 8.84. The lowest BCUT2D eigenvalue weighted by Gasteiger charge is -2.50. The van der Waals surface area contributed by atoms with Gasteiger partial charge in [0.1, 0.15) is 17.9 Å². The largest absolute Gasteiger partial charge is 0.488 e. The van der Waals surface area contributed by atoms with E-state index in [1.165, 1.54) is 17.3 Å². The molecule has 0 spiro atoms. The van der Waals surface area contributed by atoms with Crippen LogP contribution >= 0.6 is 0 Å². The molecule has 1 aliphatic carbocycles. The summed E-state index contributed by atoms with van der Waals surface area (Å²) in [6.45, 7) is 8.01. The van der Waals surface area contributed by atoms with Crippen LogP contribution in [0.5, 0.6) is 11.6 Å². The second kappa shape index (κ2) is 11.0. The molecule has 2 aromatic carbocycles. The highest BCUT2D eigenvalue weighted by atomic mass is 19.3. The lowest BCUT2D eigenvalue weighted by molar-refractivity contribution is -0.0569. The van der Waals surface area contributed by atoms with E-state index in [2.05, 4.69) is 33.1 Å². The fourth-order valence-electron chi connectivity index (χ4n) is 7.44. The SMILES string of the molecule is Cc1cccc(C2=CC=CC3(C)N2C(C)Oc2c(C(=O)O)cnn23)c1OCc1ccc2c(c1)CCN(C1CCC(F)(F)CC1)C2. The van der Waals surface area contributed by atoms with Crippen LogP contribution in [0.3, 0.4) is 0 Å². The van der Waals surface area contributed by atoms with Gasteiger partial charge in [-0.25, -0.2) is 18.3 Å². The Morgan fingerprint density at radius 2 is 1.98 bits per heavy atom. The fourth-order valence-corrected chi connectivity index (χ4v) is 7.44. The van der Waals surface area contributed by atoms with Crippen LogP contribution in [0, 0.1) is 6.92 Å². The van der Waals surface area contributed by atoms with Crippen molar-refractivity contribution in [1.82, 2.24) is 19.6 Å². The van der Waals surface area contributed by atoms with E-state index in [4.69, 9.17) is 9.47 Å². The van der Waals surface area contributed by atoms with Gasteiger partial charge < -0.3 is 19.5 Å². The minimum Gasteiger partial charge on any atom is -0.488 e. The second-order valence-corrected chi connectivity index (χ2v) is 12.8. The van der Waals surface area contributed by atoms with Crippen LogP contribution in [0.15, 0.2) is 60.8 Å². The van der Waals surface area contributed by atoms with Crippen molar-refractivity contribution in [3.05, 3.63) is 94.2 Å². The van der Waals surface area contributed by atoms with Crippen molar-refractivity contribution >= 4 is 11.7 Å². The summed E-state index contributed by atoms with van der Waals surface area (Å²) in [6, 6.07) is 12.8. The number of aromatic carboxylic acids is 1. The first kappa shape index (κ1) is 29.5. The predicted molar refractivity (Wildman–Crippen MR) is 165 cm³/mol. The quantitative estimate of drug-likeness (QED) is 0.329. The van der Waals surface area contributed by atoms with E-state index in [1.807, 2.05) is 57.2 Å². The Bertz CT molecular complexity index is 1710. The Balaban J connectivity index is 1.10. The van der Waals surface area contributed by atoms with Crippen molar-refractivity contribution in [2.75, 3.05) is 6.54 Å². The first-order chi connectivity index (χ1) is 21.5. The van der Waals surface area contributed by atoms with Gasteiger partial charge in [-0.2, -0.15) is 5.10 Å². The van der Waals surface area contributed by atoms with Crippen molar-refractivity contribution in [2.45, 2.75) is 89.9 Å². The molecular weight excluding hydrogens is 578 g/mol. The first-order valence-corrected chi connectivity index (χ1v) is 15.7. The number of alkyl halides is 2. The van der Waals surface area contributed by atoms with E-state index < -0.39 is 23.8 Å². The van der Waals surface area contributed by atoms with Gasteiger partial charge in [0, 0.05) is 37.5 Å². The standard InChI is InChI=1S/C35H38F2N4O4/c1-22-6-4-7-28(30-8-5-14-34(3)40(30)23(2)45-32-29(33(42)43)19-38-41(32)34)31(22)44-21-24-9-10-26-20-39(17-13-25(26)18-24)27-11-15-35(36,37)16-12-27/h4-10,14,18-19,23,27H,11-13,15-17,20-21H2,1-3H3,(H,42,43). The summed E-state index contributed by atoms with van der Waals surface area (Å²) >= 11 is 0. The Labute approximate surface area is 261 Å². The van der Waals surface area contributed by atoms with E-state index in [1.54, 1.807) is 4.68 Å². The van der Waals surface area contributed by atoms with Crippen LogP contribution in [0.1, 0.15) is 77.7 Å². The molecule has 2 unspecified atom stereocenters. The number of ether oxygens (including phenoxy) is 2. The normalized spacial score (nSPS) is 24.2. The van der Waals surface area contributed by atoms with Gasteiger partial charge in [-0.15, -0.1) is 0 Å². The number of benzene rings is 2. The van der Waals surface area contributed by atoms with E-state index in [9.17, 15) is 18.7 Å². The number of rotatable bonds is 6. The summed E-state index contributed by atoms with van der Waals surface area (Å²) in [7, 11) is 0. The van der Waals surface area contributed by atoms with Gasteiger partial charge in [0.2, 0.25) is 11.8 Å². The molecule has 2 atom stereocenters. The smallest absolute Gasteiger partial charge is 0.342 e. The molecule has 7 rings (SSSR count). The molecule has 4 aliphatic rings. The van der Waals surface area contributed by atoms with Crippen molar-refractivity contribution in [3.8, 4) is 11.6 Å². The number of para-hydroxylation sites is 1. The number of carboxylic acid groups (broad SMARTS) is 1. The third-order valence-electron chi connectivity index (χ3n) is 9.83. The van der Waals surface area contributed by atoms with E-state index in [0.29, 0.717) is 19.4 Å². The molecule has 0 radical (unpaired) electrons. The zero-order chi connectivity index (χ0) is 31.5. The molecule has 1 fully saturated rings. The monoisotopic (exact) mass is 616 g/mol. The van der Waals surface area contributed by atoms with Gasteiger partial charge in [0.05, 0.1) is 11.9 Å². The Morgan fingerprint density at radius 1 is 1.18 bits per heavy atom. The number of nitrogens with zero attached hydrogens (tertiary/aromatic N) is 4. The number of halogens is 2. The maximum atomic E-state index is 13.7. The third kappa shape index (κ3) is 5.18. The Kier molecular flexibility index (Phi) is 7.23. The van der Waals surface area contributed by atoms with Crippen LogP contribution in [0.25, 0.3) is 5.70 Å². The van der Waals surface area contributed by atoms with Crippen molar-refractivity contribution in [2.24, 2.45) is 0 Å². The molecule has 0 saturated heterocycles. The predicted octanol–water partition coefficient (Wildman–Crippen LogP) is 6.73. The first-order valence-electron chi connectivity index (χ1n) is 15.7. The van der Waals surface area contributed by atoms with Crippen LogP contribution in [0.4, 0.5) is 8.78 Å². The molecule has 0 amide bonds. The number of hydrogen-bond acceptors (Lipinski definition) is 6. The average molecular weight is 617 g/mol. The van der Waals surface area contributed by atoms with Crippen LogP contribution in [-0.2, 0) is 25.2 Å². The summed E-state index contributed by atoms with van der Waals surface area (Å²) in [5.74, 6) is -2.59. The summed E-state index contributed by atoms with van der Waals surface area (Å²) in [4.78, 5) is 16.3. The Morgan fingerprint density at radius 3 is 2.76 bits per heavy atom. The fraction of sp³-hybridized carbons (Fsp3) is 0.429.